The summed E-state index contributed by atoms with van der Waals surface area (Å²) in [5, 5.41) is 178. The Balaban J connectivity index is 1.09. The van der Waals surface area contributed by atoms with Crippen molar-refractivity contribution in [3.8, 4) is 51.6 Å². The van der Waals surface area contributed by atoms with Gasteiger partial charge in [0.25, 0.3) is 0 Å². The zero-order chi connectivity index (χ0) is 56.4. The van der Waals surface area contributed by atoms with Crippen LogP contribution in [-0.2, 0) is 33.2 Å². The Morgan fingerprint density at radius 2 is 1.08 bits per heavy atom. The van der Waals surface area contributed by atoms with Crippen LogP contribution in [0.3, 0.4) is 0 Å². The molecule has 4 fully saturated rings. The minimum Gasteiger partial charge on any atom is -0.507 e. The lowest BCUT2D eigenvalue weighted by Crippen LogP contribution is -2.65. The van der Waals surface area contributed by atoms with Crippen LogP contribution in [0.25, 0.3) is 28.4 Å². The summed E-state index contributed by atoms with van der Waals surface area (Å²) in [5.41, 5.74) is 0.0503. The van der Waals surface area contributed by atoms with E-state index in [1.165, 1.54) is 43.5 Å². The molecule has 3 aromatic carbocycles. The first-order valence-electron chi connectivity index (χ1n) is 23.9. The Bertz CT molecular complexity index is 2720. The van der Waals surface area contributed by atoms with Crippen molar-refractivity contribution in [2.75, 3.05) is 33.5 Å². The number of esters is 1. The van der Waals surface area contributed by atoms with Crippen molar-refractivity contribution in [3.05, 3.63) is 66.2 Å². The second kappa shape index (κ2) is 24.6. The Kier molecular flexibility index (Phi) is 18.4. The topological polar surface area (TPSA) is 465 Å². The molecule has 29 nitrogen and oxygen atoms in total. The van der Waals surface area contributed by atoms with Gasteiger partial charge in [-0.2, -0.15) is 0 Å². The number of phenols is 3. The van der Waals surface area contributed by atoms with Gasteiger partial charge in [0.15, 0.2) is 35.4 Å². The molecule has 0 radical (unpaired) electrons. The molecule has 8 rings (SSSR count). The third kappa shape index (κ3) is 12.1. The lowest BCUT2D eigenvalue weighted by Gasteiger charge is -2.45. The number of methoxy groups -OCH3 is 1. The highest BCUT2D eigenvalue weighted by atomic mass is 16.8. The fourth-order valence-corrected chi connectivity index (χ4v) is 8.81. The van der Waals surface area contributed by atoms with Gasteiger partial charge in [-0.15, -0.1) is 0 Å². The van der Waals surface area contributed by atoms with Crippen molar-refractivity contribution in [1.82, 2.24) is 0 Å². The molecular formula is C49H59O29+. The molecule has 20 unspecified atom stereocenters. The smallest absolute Gasteiger partial charge is 0.402 e. The highest BCUT2D eigenvalue weighted by molar-refractivity contribution is 5.89. The van der Waals surface area contributed by atoms with Gasteiger partial charge >= 0.3 is 17.3 Å². The van der Waals surface area contributed by atoms with Crippen molar-refractivity contribution >= 4 is 23.0 Å². The van der Waals surface area contributed by atoms with E-state index in [0.29, 0.717) is 5.56 Å². The van der Waals surface area contributed by atoms with Crippen molar-refractivity contribution in [2.24, 2.45) is 0 Å². The molecule has 0 aliphatic carbocycles. The van der Waals surface area contributed by atoms with Crippen LogP contribution in [-0.4, -0.2) is 249 Å². The van der Waals surface area contributed by atoms with E-state index in [2.05, 4.69) is 0 Å². The molecule has 29 heteroatoms. The number of phenolic OH excluding ortho intramolecular Hbond substituents is 3. The predicted octanol–water partition coefficient (Wildman–Crippen LogP) is -4.87. The molecule has 0 spiro atoms. The third-order valence-corrected chi connectivity index (χ3v) is 13.2. The number of aliphatic hydroxyl groups is 14. The van der Waals surface area contributed by atoms with Gasteiger partial charge in [-0.05, 0) is 35.9 Å². The molecule has 5 heterocycles. The number of rotatable bonds is 17. The van der Waals surface area contributed by atoms with E-state index in [4.69, 9.17) is 51.8 Å². The molecule has 0 bridgehead atoms. The number of aliphatic hydroxyl groups excluding tert-OH is 14. The number of fused-ring (bicyclic) bond motifs is 1. The minimum absolute atomic E-state index is 0.0130. The molecule has 78 heavy (non-hydrogen) atoms. The summed E-state index contributed by atoms with van der Waals surface area (Å²) < 4.78 is 63.3. The van der Waals surface area contributed by atoms with Crippen LogP contribution in [0.4, 0.5) is 0 Å². The molecule has 4 aliphatic heterocycles. The number of ether oxygens (including phenoxy) is 10. The van der Waals surface area contributed by atoms with Gasteiger partial charge in [0, 0.05) is 24.3 Å². The van der Waals surface area contributed by atoms with Crippen LogP contribution in [0, 0.1) is 0 Å². The maximum absolute atomic E-state index is 13.2. The summed E-state index contributed by atoms with van der Waals surface area (Å²) in [6.45, 7) is -3.26. The van der Waals surface area contributed by atoms with Gasteiger partial charge in [-0.1, -0.05) is 6.07 Å². The summed E-state index contributed by atoms with van der Waals surface area (Å²) in [5.74, 6) is -3.89. The van der Waals surface area contributed by atoms with E-state index in [9.17, 15) is 91.6 Å². The lowest BCUT2D eigenvalue weighted by atomic mass is 9.97. The quantitative estimate of drug-likeness (QED) is 0.0204. The SMILES string of the molecule is COc1cc(C=CC(=O)OCC2OC(Oc3cc4c(OC5OC(CO)C(O)C(O)C5O)cc(O)cc4[o+]c3-c3ccc(O)c(O)c3)C(OC3OC(CO)C(O)C(O)C3O)C(O)C2O)ccc1OC1OC(CO)C(O)C(O)C1O. The largest absolute Gasteiger partial charge is 0.507 e. The normalized spacial score (nSPS) is 35.3. The molecule has 4 aromatic rings. The van der Waals surface area contributed by atoms with Gasteiger partial charge in [0.2, 0.25) is 24.6 Å². The van der Waals surface area contributed by atoms with E-state index in [1.54, 1.807) is 0 Å². The Hall–Kier alpha value is -5.88. The molecule has 4 aliphatic rings. The fourth-order valence-electron chi connectivity index (χ4n) is 8.81. The molecular weight excluding hydrogens is 1050 g/mol. The maximum Gasteiger partial charge on any atom is 0.402 e. The maximum atomic E-state index is 13.2. The van der Waals surface area contributed by atoms with Gasteiger partial charge in [0.1, 0.15) is 115 Å². The molecule has 428 valence electrons. The second-order valence-corrected chi connectivity index (χ2v) is 18.4. The Morgan fingerprint density at radius 1 is 0.538 bits per heavy atom. The number of carbonyl (C=O) groups is 1. The standard InChI is InChI=1S/C49H58O29/c1-68-26-8-17(2-6-23(26)71-46-41(65)37(61)33(57)28(13-50)74-46)3-7-32(56)69-16-31-36(60)40(64)45(78-48-43(67)39(63)35(59)30(15-52)76-48)49(77-31)73-27-12-20-24(70-44(27)18-4-5-21(54)22(55)9-18)10-19(53)11-25(20)72-47-42(66)38(62)34(58)29(14-51)75-47/h2-12,28-31,33-43,45-52,57-67H,13-16H2,1H3,(H2-,53,54,55)/p+1. The van der Waals surface area contributed by atoms with E-state index in [1.807, 2.05) is 0 Å². The number of carbonyl (C=O) groups excluding carboxylic acids is 1. The molecule has 0 saturated carbocycles. The van der Waals surface area contributed by atoms with Crippen molar-refractivity contribution in [1.29, 1.82) is 0 Å². The second-order valence-electron chi connectivity index (χ2n) is 18.4. The van der Waals surface area contributed by atoms with Gasteiger partial charge < -0.3 is 134 Å². The third-order valence-electron chi connectivity index (χ3n) is 13.2. The van der Waals surface area contributed by atoms with Gasteiger partial charge in [0.05, 0.1) is 38.6 Å². The van der Waals surface area contributed by atoms with E-state index in [-0.39, 0.29) is 39.5 Å². The van der Waals surface area contributed by atoms with Crippen LogP contribution < -0.4 is 18.9 Å². The van der Waals surface area contributed by atoms with Gasteiger partial charge in [-0.3, -0.25) is 0 Å². The van der Waals surface area contributed by atoms with Crippen LogP contribution >= 0.6 is 0 Å². The number of hydrogen-bond donors (Lipinski definition) is 17. The molecule has 20 atom stereocenters. The monoisotopic (exact) mass is 1110 g/mol. The average Bonchev–Trinajstić information content (AvgIpc) is 3.54. The molecule has 1 aromatic heterocycles. The van der Waals surface area contributed by atoms with Crippen molar-refractivity contribution in [3.63, 3.8) is 0 Å². The summed E-state index contributed by atoms with van der Waals surface area (Å²) in [4.78, 5) is 13.2. The first kappa shape index (κ1) is 58.3. The van der Waals surface area contributed by atoms with E-state index >= 15 is 0 Å². The van der Waals surface area contributed by atoms with Crippen molar-refractivity contribution < 1.29 is 143 Å². The highest BCUT2D eigenvalue weighted by Crippen LogP contribution is 2.44. The van der Waals surface area contributed by atoms with E-state index in [0.717, 1.165) is 30.3 Å². The van der Waals surface area contributed by atoms with Crippen LogP contribution in [0.5, 0.6) is 40.2 Å². The average molecular weight is 1110 g/mol. The van der Waals surface area contributed by atoms with Crippen molar-refractivity contribution in [2.45, 2.75) is 123 Å². The molecule has 0 amide bonds. The van der Waals surface area contributed by atoms with Crippen LogP contribution in [0.2, 0.25) is 0 Å². The summed E-state index contributed by atoms with van der Waals surface area (Å²) >= 11 is 0. The van der Waals surface area contributed by atoms with Crippen LogP contribution in [0.15, 0.2) is 65.1 Å². The summed E-state index contributed by atoms with van der Waals surface area (Å²) in [6, 6.07) is 10.8. The van der Waals surface area contributed by atoms with Crippen LogP contribution in [0.1, 0.15) is 5.56 Å². The number of aromatic hydroxyl groups is 3. The summed E-state index contributed by atoms with van der Waals surface area (Å²) in [7, 11) is 1.27. The molecule has 17 N–H and O–H groups in total. The minimum atomic E-state index is -2.15. The number of benzene rings is 3. The zero-order valence-electron chi connectivity index (χ0n) is 40.7. The Labute approximate surface area is 439 Å². The summed E-state index contributed by atoms with van der Waals surface area (Å²) in [6.07, 6.45) is -33.9. The number of hydrogen-bond acceptors (Lipinski definition) is 28. The highest BCUT2D eigenvalue weighted by Gasteiger charge is 2.53. The fraction of sp³-hybridized carbons (Fsp3) is 0.510. The van der Waals surface area contributed by atoms with Gasteiger partial charge in [-0.25, -0.2) is 9.21 Å². The first-order chi connectivity index (χ1) is 37.2. The lowest BCUT2D eigenvalue weighted by molar-refractivity contribution is -0.357. The zero-order valence-corrected chi connectivity index (χ0v) is 40.7. The first-order valence-corrected chi connectivity index (χ1v) is 23.9. The Morgan fingerprint density at radius 3 is 1.65 bits per heavy atom. The molecule has 4 saturated heterocycles. The van der Waals surface area contributed by atoms with E-state index < -0.39 is 178 Å². The predicted molar refractivity (Wildman–Crippen MR) is 253 cm³/mol.